The quantitative estimate of drug-likeness (QED) is 0.182. The summed E-state index contributed by atoms with van der Waals surface area (Å²) in [5.74, 6) is -2.74. The van der Waals surface area contributed by atoms with Gasteiger partial charge in [0.05, 0.1) is 5.92 Å². The molecule has 11 unspecified atom stereocenters. The molecule has 6 aliphatic rings. The number of carbonyl (C=O) groups is 4. The molecule has 2 aliphatic carbocycles. The van der Waals surface area contributed by atoms with E-state index in [1.54, 1.807) is 0 Å². The number of amides is 4. The normalized spacial score (nSPS) is 49.5. The summed E-state index contributed by atoms with van der Waals surface area (Å²) in [7, 11) is -1.45. The van der Waals surface area contributed by atoms with Gasteiger partial charge in [0.2, 0.25) is 17.7 Å². The maximum absolute atomic E-state index is 15.7. The van der Waals surface area contributed by atoms with Gasteiger partial charge < -0.3 is 20.3 Å². The first-order valence-corrected chi connectivity index (χ1v) is 16.8. The molecule has 0 radical (unpaired) electrons. The number of ether oxygens (including phenoxy) is 1. The van der Waals surface area contributed by atoms with Gasteiger partial charge in [-0.05, 0) is 55.3 Å². The summed E-state index contributed by atoms with van der Waals surface area (Å²) in [4.78, 5) is 62.4. The number of likely N-dealkylation sites (tertiary alicyclic amines) is 1. The molecule has 4 amide bonds. The Morgan fingerprint density at radius 1 is 1.27 bits per heavy atom. The highest BCUT2D eigenvalue weighted by Crippen LogP contribution is 2.77. The van der Waals surface area contributed by atoms with Crippen LogP contribution < -0.4 is 16.0 Å². The van der Waals surface area contributed by atoms with Crippen molar-refractivity contribution in [2.45, 2.75) is 79.3 Å². The van der Waals surface area contributed by atoms with E-state index in [0.29, 0.717) is 28.4 Å². The monoisotopic (exact) mass is 601 g/mol. The molecule has 0 aromatic carbocycles. The van der Waals surface area contributed by atoms with Crippen molar-refractivity contribution < 1.29 is 28.3 Å². The molecule has 0 aromatic heterocycles. The van der Waals surface area contributed by atoms with Gasteiger partial charge in [0.25, 0.3) is 0 Å². The Morgan fingerprint density at radius 2 is 2.02 bits per heavy atom. The number of hydrogen-bond donors (Lipinski definition) is 3. The van der Waals surface area contributed by atoms with E-state index in [1.807, 2.05) is 6.26 Å². The number of piperidine rings is 2. The van der Waals surface area contributed by atoms with Crippen LogP contribution in [-0.2, 0) is 19.1 Å². The van der Waals surface area contributed by atoms with E-state index in [2.05, 4.69) is 27.5 Å². The van der Waals surface area contributed by atoms with Crippen LogP contribution in [0.1, 0.15) is 39.0 Å². The second-order valence-corrected chi connectivity index (χ2v) is 16.5. The first-order valence-electron chi connectivity index (χ1n) is 14.2. The summed E-state index contributed by atoms with van der Waals surface area (Å²) < 4.78 is 24.8. The third-order valence-electron chi connectivity index (χ3n) is 10.5. The van der Waals surface area contributed by atoms with Crippen LogP contribution in [0, 0.1) is 34.5 Å². The van der Waals surface area contributed by atoms with Crippen molar-refractivity contribution in [3.05, 3.63) is 4.91 Å². The number of halogens is 2. The zero-order valence-electron chi connectivity index (χ0n) is 22.6. The Balaban J connectivity index is 0.987. The van der Waals surface area contributed by atoms with Gasteiger partial charge >= 0.3 is 6.09 Å². The van der Waals surface area contributed by atoms with Gasteiger partial charge in [-0.2, -0.15) is 0 Å². The molecule has 3 N–H and O–H groups in total. The van der Waals surface area contributed by atoms with Gasteiger partial charge in [0.15, 0.2) is 0 Å². The SMILES string of the molecule is CC1NCC2C(C1C1CC(OC(=O)NCC3CC(Cl)C4CN(C5CCC(=O)NC5=O)C(=O)C4C3F)C1)S2(C)N=O. The minimum absolute atomic E-state index is 0.00562. The number of alkyl carbamates (subject to hydrolysis) is 1. The number of nitrogens with zero attached hydrogens (tertiary/aromatic N) is 2. The molecule has 6 rings (SSSR count). The van der Waals surface area contributed by atoms with E-state index in [4.69, 9.17) is 16.3 Å². The maximum Gasteiger partial charge on any atom is 0.407 e. The standard InChI is InChI=1S/C26H37ClFN5O6S/c1-11-20(23-18(9-29-11)40(23,2)32-38)12-5-14(6-12)39-26(37)30-8-13-7-16(27)15-10-33(25(36)21(15)22(13)28)17-3-4-19(34)31-24(17)35/h11-18,20-23,29H,3-10H2,1-2H3,(H,30,37)(H,31,34,35). The van der Waals surface area contributed by atoms with Crippen molar-refractivity contribution >= 4 is 45.6 Å². The van der Waals surface area contributed by atoms with E-state index in [1.165, 1.54) is 4.90 Å². The molecule has 222 valence electrons. The summed E-state index contributed by atoms with van der Waals surface area (Å²) in [5.41, 5.74) is 0. The molecule has 0 bridgehead atoms. The summed E-state index contributed by atoms with van der Waals surface area (Å²) in [6, 6.07) is -0.505. The van der Waals surface area contributed by atoms with Gasteiger partial charge in [0.1, 0.15) is 18.3 Å². The second kappa shape index (κ2) is 10.4. The molecule has 11 atom stereocenters. The molecule has 2 saturated carbocycles. The van der Waals surface area contributed by atoms with Crippen molar-refractivity contribution in [2.24, 2.45) is 34.2 Å². The second-order valence-electron chi connectivity index (χ2n) is 12.6. The lowest BCUT2D eigenvalue weighted by atomic mass is 9.68. The number of rotatable bonds is 6. The number of hydrogen-bond acceptors (Lipinski definition) is 8. The number of carbonyl (C=O) groups excluding carboxylic acids is 4. The molecule has 4 heterocycles. The number of alkyl halides is 2. The molecule has 4 saturated heterocycles. The fourth-order valence-corrected chi connectivity index (χ4v) is 12.1. The topological polar surface area (TPSA) is 146 Å². The van der Waals surface area contributed by atoms with Crippen LogP contribution in [0.4, 0.5) is 9.18 Å². The van der Waals surface area contributed by atoms with E-state index in [-0.39, 0.29) is 44.4 Å². The lowest BCUT2D eigenvalue weighted by Gasteiger charge is -2.44. The predicted molar refractivity (Wildman–Crippen MR) is 146 cm³/mol. The van der Waals surface area contributed by atoms with Crippen molar-refractivity contribution in [3.63, 3.8) is 0 Å². The van der Waals surface area contributed by atoms with Crippen molar-refractivity contribution in [2.75, 3.05) is 25.9 Å². The zero-order valence-corrected chi connectivity index (χ0v) is 24.2. The highest BCUT2D eigenvalue weighted by Gasteiger charge is 2.67. The smallest absolute Gasteiger partial charge is 0.407 e. The van der Waals surface area contributed by atoms with Crippen LogP contribution in [0.5, 0.6) is 0 Å². The molecular weight excluding hydrogens is 565 g/mol. The third kappa shape index (κ3) is 4.59. The first-order chi connectivity index (χ1) is 19.0. The summed E-state index contributed by atoms with van der Waals surface area (Å²) in [5, 5.41) is 8.67. The van der Waals surface area contributed by atoms with Gasteiger partial charge in [-0.15, -0.1) is 16.5 Å². The number of nitroso groups, excluding NO2 is 1. The molecule has 0 spiro atoms. The minimum atomic E-state index is -1.52. The third-order valence-corrected chi connectivity index (χ3v) is 14.4. The fourth-order valence-electron chi connectivity index (χ4n) is 8.13. The molecule has 0 aromatic rings. The van der Waals surface area contributed by atoms with Gasteiger partial charge in [-0.1, -0.05) is 10.2 Å². The average molecular weight is 602 g/mol. The Bertz CT molecular complexity index is 1110. The lowest BCUT2D eigenvalue weighted by molar-refractivity contribution is -0.146. The highest BCUT2D eigenvalue weighted by atomic mass is 35.5. The number of nitrogens with one attached hydrogen (secondary N) is 3. The lowest BCUT2D eigenvalue weighted by Crippen LogP contribution is -2.53. The average Bonchev–Trinajstić information content (AvgIpc) is 3.33. The number of fused-ring (bicyclic) bond motifs is 2. The Hall–Kier alpha value is -1.99. The van der Waals surface area contributed by atoms with Gasteiger partial charge in [-0.3, -0.25) is 19.7 Å². The van der Waals surface area contributed by atoms with Gasteiger partial charge in [-0.25, -0.2) is 9.18 Å². The van der Waals surface area contributed by atoms with Crippen LogP contribution in [0.2, 0.25) is 0 Å². The molecule has 40 heavy (non-hydrogen) atoms. The van der Waals surface area contributed by atoms with E-state index < -0.39 is 63.5 Å². The summed E-state index contributed by atoms with van der Waals surface area (Å²) >= 11 is 6.61. The predicted octanol–water partition coefficient (Wildman–Crippen LogP) is 1.81. The summed E-state index contributed by atoms with van der Waals surface area (Å²) in [6.07, 6.45) is 1.75. The maximum atomic E-state index is 15.7. The van der Waals surface area contributed by atoms with Crippen molar-refractivity contribution in [1.29, 1.82) is 0 Å². The van der Waals surface area contributed by atoms with Crippen LogP contribution in [0.15, 0.2) is 4.58 Å². The Labute approximate surface area is 238 Å². The minimum Gasteiger partial charge on any atom is -0.446 e. The summed E-state index contributed by atoms with van der Waals surface area (Å²) in [6.45, 7) is 3.16. The van der Waals surface area contributed by atoms with E-state index in [0.717, 1.165) is 19.4 Å². The van der Waals surface area contributed by atoms with Crippen LogP contribution >= 0.6 is 21.8 Å². The molecule has 14 heteroatoms. The molecule has 11 nitrogen and oxygen atoms in total. The van der Waals surface area contributed by atoms with Crippen LogP contribution in [0.3, 0.4) is 0 Å². The van der Waals surface area contributed by atoms with Crippen LogP contribution in [-0.4, -0.2) is 94.8 Å². The zero-order chi connectivity index (χ0) is 28.5. The fraction of sp³-hybridized carbons (Fsp3) is 0.846. The number of imide groups is 1. The highest BCUT2D eigenvalue weighted by molar-refractivity contribution is 8.39. The van der Waals surface area contributed by atoms with Crippen molar-refractivity contribution in [3.8, 4) is 0 Å². The molecule has 4 aliphatic heterocycles. The van der Waals surface area contributed by atoms with Crippen LogP contribution in [0.25, 0.3) is 0 Å². The first kappa shape index (κ1) is 28.1. The van der Waals surface area contributed by atoms with Crippen molar-refractivity contribution in [1.82, 2.24) is 20.9 Å². The Kier molecular flexibility index (Phi) is 7.30. The largest absolute Gasteiger partial charge is 0.446 e. The van der Waals surface area contributed by atoms with E-state index in [9.17, 15) is 24.1 Å². The molecule has 6 fully saturated rings. The van der Waals surface area contributed by atoms with E-state index >= 15 is 4.39 Å². The van der Waals surface area contributed by atoms with Gasteiger partial charge in [0, 0.05) is 59.8 Å². The Morgan fingerprint density at radius 3 is 2.73 bits per heavy atom. The molecular formula is C26H37ClFN5O6S.